The lowest BCUT2D eigenvalue weighted by molar-refractivity contribution is -0.119. The van der Waals surface area contributed by atoms with Crippen LogP contribution in [-0.2, 0) is 9.53 Å². The first kappa shape index (κ1) is 14.7. The third kappa shape index (κ3) is 5.70. The van der Waals surface area contributed by atoms with E-state index in [4.69, 9.17) is 4.74 Å². The van der Waals surface area contributed by atoms with Crippen molar-refractivity contribution in [1.82, 2.24) is 10.2 Å². The molecule has 1 rings (SSSR count). The molecule has 1 amide bonds. The van der Waals surface area contributed by atoms with Gasteiger partial charge in [0.2, 0.25) is 5.91 Å². The van der Waals surface area contributed by atoms with Gasteiger partial charge in [-0.2, -0.15) is 0 Å². The lowest BCUT2D eigenvalue weighted by Gasteiger charge is -2.32. The van der Waals surface area contributed by atoms with Crippen LogP contribution in [0.2, 0.25) is 6.82 Å². The number of morpholine rings is 1. The molecule has 1 radical (unpaired) electrons. The molecule has 1 aliphatic heterocycles. The second-order valence-electron chi connectivity index (χ2n) is 4.11. The molecule has 1 fully saturated rings. The largest absolute Gasteiger partial charge is 0.374 e. The Balaban J connectivity index is 2.21. The quantitative estimate of drug-likeness (QED) is 0.545. The molecule has 4 nitrogen and oxygen atoms in total. The zero-order chi connectivity index (χ0) is 12.7. The van der Waals surface area contributed by atoms with Crippen LogP contribution in [0.15, 0.2) is 0 Å². The zero-order valence-corrected chi connectivity index (χ0v) is 11.6. The molecule has 0 aromatic heterocycles. The molecule has 0 spiro atoms. The highest BCUT2D eigenvalue weighted by molar-refractivity contribution is 8.35. The molecule has 6 heteroatoms. The molecule has 1 saturated heterocycles. The molecule has 2 atom stereocenters. The summed E-state index contributed by atoms with van der Waals surface area (Å²) in [5.41, 5.74) is 0. The summed E-state index contributed by atoms with van der Waals surface area (Å²) in [6.07, 6.45) is 0.129. The van der Waals surface area contributed by atoms with Crippen molar-refractivity contribution in [3.05, 3.63) is 0 Å². The number of amides is 1. The van der Waals surface area contributed by atoms with Crippen LogP contribution in [0.1, 0.15) is 6.92 Å². The molecule has 0 saturated carbocycles. The molecule has 0 aromatic carbocycles. The zero-order valence-electron chi connectivity index (χ0n) is 10.8. The van der Waals surface area contributed by atoms with Crippen LogP contribution in [0, 0.1) is 0 Å². The third-order valence-electron chi connectivity index (χ3n) is 2.85. The highest BCUT2D eigenvalue weighted by Crippen LogP contribution is 2.06. The SMILES string of the molecule is C=S([B]C)CC(=O)NCC1CN(CC)CCO1. The Morgan fingerprint density at radius 3 is 3.12 bits per heavy atom. The summed E-state index contributed by atoms with van der Waals surface area (Å²) in [6.45, 7) is 10.4. The first-order valence-corrected chi connectivity index (χ1v) is 7.67. The molecular formula is C11H22BN2O2S. The summed E-state index contributed by atoms with van der Waals surface area (Å²) in [4.78, 5) is 13.9. The Labute approximate surface area is 107 Å². The number of nitrogens with zero attached hydrogens (tertiary/aromatic N) is 1. The Kier molecular flexibility index (Phi) is 6.84. The topological polar surface area (TPSA) is 41.6 Å². The summed E-state index contributed by atoms with van der Waals surface area (Å²) >= 11 is 0. The Hall–Kier alpha value is -0.325. The van der Waals surface area contributed by atoms with Gasteiger partial charge in [-0.3, -0.25) is 9.69 Å². The summed E-state index contributed by atoms with van der Waals surface area (Å²) in [5.74, 6) is 4.44. The van der Waals surface area contributed by atoms with Gasteiger partial charge in [-0.15, -0.1) is 0 Å². The maximum absolute atomic E-state index is 11.6. The highest BCUT2D eigenvalue weighted by atomic mass is 32.2. The van der Waals surface area contributed by atoms with E-state index in [0.29, 0.717) is 12.3 Å². The average molecular weight is 257 g/mol. The van der Waals surface area contributed by atoms with E-state index in [2.05, 4.69) is 23.0 Å². The minimum atomic E-state index is -0.160. The number of ether oxygens (including phenoxy) is 1. The number of likely N-dealkylation sites (N-methyl/N-ethyl adjacent to an activating group) is 1. The third-order valence-corrected chi connectivity index (χ3v) is 4.15. The van der Waals surface area contributed by atoms with E-state index in [1.165, 1.54) is 0 Å². The standard InChI is InChI=1S/C11H22BN2O2S/c1-4-14-5-6-16-10(8-14)7-13-11(15)9-17(3)12-2/h10H,3-9H2,1-2H3,(H,13,15). The van der Waals surface area contributed by atoms with Gasteiger partial charge in [-0.05, 0) is 6.54 Å². The first-order valence-electron chi connectivity index (χ1n) is 6.05. The molecule has 1 aliphatic rings. The molecule has 0 bridgehead atoms. The monoisotopic (exact) mass is 257 g/mol. The van der Waals surface area contributed by atoms with E-state index in [1.807, 2.05) is 13.4 Å². The average Bonchev–Trinajstić information content (AvgIpc) is 2.36. The maximum atomic E-state index is 11.6. The van der Waals surface area contributed by atoms with Crippen molar-refractivity contribution in [2.75, 3.05) is 38.5 Å². The van der Waals surface area contributed by atoms with Gasteiger partial charge in [-0.25, -0.2) is 10.3 Å². The fourth-order valence-electron chi connectivity index (χ4n) is 1.72. The van der Waals surface area contributed by atoms with Gasteiger partial charge in [0.15, 0.2) is 6.56 Å². The predicted molar refractivity (Wildman–Crippen MR) is 76.1 cm³/mol. The summed E-state index contributed by atoms with van der Waals surface area (Å²) in [5, 5.41) is 2.92. The lowest BCUT2D eigenvalue weighted by atomic mass is 10.2. The van der Waals surface area contributed by atoms with Gasteiger partial charge in [-0.1, -0.05) is 19.6 Å². The molecule has 2 unspecified atom stereocenters. The van der Waals surface area contributed by atoms with Crippen molar-refractivity contribution in [3.63, 3.8) is 0 Å². The summed E-state index contributed by atoms with van der Waals surface area (Å²) in [7, 11) is -0.160. The van der Waals surface area contributed by atoms with Crippen molar-refractivity contribution in [1.29, 1.82) is 0 Å². The van der Waals surface area contributed by atoms with Gasteiger partial charge in [0.05, 0.1) is 18.5 Å². The summed E-state index contributed by atoms with van der Waals surface area (Å²) < 4.78 is 5.61. The van der Waals surface area contributed by atoms with Crippen LogP contribution in [0.3, 0.4) is 0 Å². The fraction of sp³-hybridized carbons (Fsp3) is 0.818. The molecule has 1 heterocycles. The van der Waals surface area contributed by atoms with Gasteiger partial charge >= 0.3 is 0 Å². The number of hydrogen-bond donors (Lipinski definition) is 1. The van der Waals surface area contributed by atoms with Gasteiger partial charge in [0, 0.05) is 19.6 Å². The summed E-state index contributed by atoms with van der Waals surface area (Å²) in [6, 6.07) is 0. The van der Waals surface area contributed by atoms with Gasteiger partial charge in [0.1, 0.15) is 0 Å². The van der Waals surface area contributed by atoms with Gasteiger partial charge in [0.25, 0.3) is 0 Å². The Bertz CT molecular complexity index is 276. The minimum Gasteiger partial charge on any atom is -0.374 e. The molecule has 17 heavy (non-hydrogen) atoms. The fourth-order valence-corrected chi connectivity index (χ4v) is 2.33. The van der Waals surface area contributed by atoms with E-state index in [-0.39, 0.29) is 22.3 Å². The smallest absolute Gasteiger partial charge is 0.228 e. The van der Waals surface area contributed by atoms with Crippen molar-refractivity contribution in [2.45, 2.75) is 19.9 Å². The molecule has 1 N–H and O–H groups in total. The molecule has 97 valence electrons. The second-order valence-corrected chi connectivity index (χ2v) is 5.94. The van der Waals surface area contributed by atoms with E-state index in [9.17, 15) is 4.79 Å². The van der Waals surface area contributed by atoms with E-state index >= 15 is 0 Å². The van der Waals surface area contributed by atoms with Crippen molar-refractivity contribution in [3.8, 4) is 0 Å². The highest BCUT2D eigenvalue weighted by Gasteiger charge is 2.19. The number of carbonyl (C=O) groups excluding carboxylic acids is 1. The number of carbonyl (C=O) groups is 1. The number of nitrogens with one attached hydrogen (secondary N) is 1. The lowest BCUT2D eigenvalue weighted by Crippen LogP contribution is -2.47. The number of rotatable bonds is 6. The maximum Gasteiger partial charge on any atom is 0.228 e. The second kappa shape index (κ2) is 7.90. The van der Waals surface area contributed by atoms with Crippen molar-refractivity contribution < 1.29 is 9.53 Å². The van der Waals surface area contributed by atoms with E-state index < -0.39 is 0 Å². The van der Waals surface area contributed by atoms with Crippen molar-refractivity contribution >= 4 is 28.7 Å². The van der Waals surface area contributed by atoms with Crippen LogP contribution >= 0.6 is 10.3 Å². The Morgan fingerprint density at radius 2 is 2.47 bits per heavy atom. The van der Waals surface area contributed by atoms with E-state index in [0.717, 1.165) is 26.2 Å². The Morgan fingerprint density at radius 1 is 1.71 bits per heavy atom. The number of hydrogen-bond acceptors (Lipinski definition) is 3. The molecule has 0 aromatic rings. The predicted octanol–water partition coefficient (Wildman–Crippen LogP) is 0.192. The minimum absolute atomic E-state index is 0.0682. The van der Waals surface area contributed by atoms with Crippen LogP contribution in [0.4, 0.5) is 0 Å². The van der Waals surface area contributed by atoms with Crippen LogP contribution in [0.5, 0.6) is 0 Å². The molecule has 0 aliphatic carbocycles. The van der Waals surface area contributed by atoms with E-state index in [1.54, 1.807) is 0 Å². The van der Waals surface area contributed by atoms with Crippen LogP contribution in [0.25, 0.3) is 0 Å². The normalized spacial score (nSPS) is 23.1. The first-order chi connectivity index (χ1) is 8.15. The van der Waals surface area contributed by atoms with Crippen LogP contribution in [-0.4, -0.2) is 67.9 Å². The van der Waals surface area contributed by atoms with Crippen LogP contribution < -0.4 is 5.32 Å². The molecular weight excluding hydrogens is 235 g/mol. The van der Waals surface area contributed by atoms with Crippen molar-refractivity contribution in [2.24, 2.45) is 0 Å². The van der Waals surface area contributed by atoms with Gasteiger partial charge < -0.3 is 10.1 Å².